The average molecular weight is 503 g/mol. The molecule has 1 aliphatic rings. The van der Waals surface area contributed by atoms with E-state index in [4.69, 9.17) is 0 Å². The molecule has 3 nitrogen and oxygen atoms in total. The molecule has 0 bridgehead atoms. The Morgan fingerprint density at radius 3 is 1.62 bits per heavy atom. The van der Waals surface area contributed by atoms with Crippen molar-refractivity contribution in [2.24, 2.45) is 0 Å². The summed E-state index contributed by atoms with van der Waals surface area (Å²) in [4.78, 5) is 20.5. The molecule has 0 N–H and O–H groups in total. The maximum atomic E-state index is 14.2. The molecule has 3 aromatic carbocycles. The van der Waals surface area contributed by atoms with Crippen LogP contribution in [0.4, 0.5) is 5.82 Å². The monoisotopic (exact) mass is 502 g/mol. The van der Waals surface area contributed by atoms with Crippen LogP contribution in [-0.2, 0) is 4.79 Å². The molecule has 1 saturated heterocycles. The summed E-state index contributed by atoms with van der Waals surface area (Å²) in [6.45, 7) is 0.649. The van der Waals surface area contributed by atoms with E-state index in [1.54, 1.807) is 6.20 Å². The molecule has 0 aliphatic carbocycles. The second-order valence-electron chi connectivity index (χ2n) is 8.06. The molecule has 5 rings (SSSR count). The Balaban J connectivity index is 1.81. The molecule has 32 heavy (non-hydrogen) atoms. The zero-order chi connectivity index (χ0) is 22.0. The Hall–Kier alpha value is -2.81. The van der Waals surface area contributed by atoms with Crippen LogP contribution in [0.3, 0.4) is 0 Å². The van der Waals surface area contributed by atoms with Crippen LogP contribution in [0.25, 0.3) is 0 Å². The van der Waals surface area contributed by atoms with Crippen molar-refractivity contribution in [3.8, 4) is 0 Å². The summed E-state index contributed by atoms with van der Waals surface area (Å²) in [7, 11) is 0. The van der Waals surface area contributed by atoms with Gasteiger partial charge < -0.3 is 0 Å². The molecule has 1 unspecified atom stereocenters. The van der Waals surface area contributed by atoms with Gasteiger partial charge in [-0.05, 0) is 0 Å². The fourth-order valence-electron chi connectivity index (χ4n) is 5.00. The number of pyridine rings is 1. The number of carbonyl (C=O) groups excluding carboxylic acids is 1. The summed E-state index contributed by atoms with van der Waals surface area (Å²) in [6, 6.07) is 37.3. The minimum atomic E-state index is -3.36. The third-order valence-electron chi connectivity index (χ3n) is 6.47. The summed E-state index contributed by atoms with van der Waals surface area (Å²) >= 11 is 4.45. The molecule has 0 saturated carbocycles. The number of aromatic nitrogens is 1. The van der Waals surface area contributed by atoms with Gasteiger partial charge in [0.05, 0.1) is 0 Å². The second kappa shape index (κ2) is 8.27. The third-order valence-corrected chi connectivity index (χ3v) is 17.2. The summed E-state index contributed by atoms with van der Waals surface area (Å²) in [5.41, 5.74) is -0.241. The van der Waals surface area contributed by atoms with Gasteiger partial charge in [0.15, 0.2) is 0 Å². The van der Waals surface area contributed by atoms with Crippen LogP contribution in [0.2, 0.25) is 0 Å². The Labute approximate surface area is 196 Å². The van der Waals surface area contributed by atoms with Crippen molar-refractivity contribution in [2.45, 2.75) is 12.1 Å². The van der Waals surface area contributed by atoms with E-state index in [9.17, 15) is 4.79 Å². The Morgan fingerprint density at radius 2 is 1.19 bits per heavy atom. The van der Waals surface area contributed by atoms with Crippen LogP contribution in [-0.4, -0.2) is 23.1 Å². The van der Waals surface area contributed by atoms with E-state index in [-0.39, 0.29) is 11.6 Å². The number of amides is 1. The molecule has 1 fully saturated rings. The van der Waals surface area contributed by atoms with Crippen molar-refractivity contribution in [2.75, 3.05) is 11.4 Å². The molecule has 5 heteroatoms. The first-order chi connectivity index (χ1) is 15.6. The van der Waals surface area contributed by atoms with E-state index in [1.165, 1.54) is 0 Å². The number of hydrogen-bond donors (Lipinski definition) is 0. The summed E-state index contributed by atoms with van der Waals surface area (Å²) in [5.74, 6) is 0.835. The van der Waals surface area contributed by atoms with E-state index in [1.807, 2.05) is 41.3 Å². The predicted molar refractivity (Wildman–Crippen MR) is 139 cm³/mol. The summed E-state index contributed by atoms with van der Waals surface area (Å²) in [6.07, 6.45) is 2.49. The second-order valence-corrected chi connectivity index (χ2v) is 16.8. The molecule has 1 aliphatic heterocycles. The van der Waals surface area contributed by atoms with Crippen LogP contribution < -0.4 is 20.8 Å². The third kappa shape index (κ3) is 3.05. The van der Waals surface area contributed by atoms with Gasteiger partial charge in [0.1, 0.15) is 0 Å². The topological polar surface area (TPSA) is 33.2 Å². The molecular weight excluding hydrogens is 479 g/mol. The molecule has 0 radical (unpaired) electrons. The standard InChI is InChI=1S/C27H24BrN2OP/c28-32(22-12-4-1-5-13-22,23-14-6-2-7-15-23,24-16-8-3-9-17-24)25-19-21-30(27(25)31)26-18-10-11-20-29-26/h1-18,20,25H,19,21H2. The minimum absolute atomic E-state index is 0.120. The van der Waals surface area contributed by atoms with Gasteiger partial charge >= 0.3 is 197 Å². The first kappa shape index (κ1) is 21.1. The first-order valence-corrected chi connectivity index (χ1v) is 15.1. The normalized spacial score (nSPS) is 17.7. The van der Waals surface area contributed by atoms with Crippen LogP contribution in [0.5, 0.6) is 0 Å². The molecule has 1 amide bonds. The number of hydrogen-bond acceptors (Lipinski definition) is 2. The number of rotatable bonds is 5. The van der Waals surface area contributed by atoms with Crippen LogP contribution in [0.15, 0.2) is 115 Å². The maximum absolute atomic E-state index is 14.2. The average Bonchev–Trinajstić information content (AvgIpc) is 3.28. The van der Waals surface area contributed by atoms with E-state index in [0.717, 1.165) is 22.3 Å². The zero-order valence-electron chi connectivity index (χ0n) is 17.6. The molecule has 1 atom stereocenters. The van der Waals surface area contributed by atoms with Crippen molar-refractivity contribution in [1.29, 1.82) is 0 Å². The first-order valence-electron chi connectivity index (χ1n) is 10.8. The van der Waals surface area contributed by atoms with Gasteiger partial charge in [-0.3, -0.25) is 0 Å². The van der Waals surface area contributed by atoms with Crippen LogP contribution >= 0.6 is 20.8 Å². The molecule has 160 valence electrons. The van der Waals surface area contributed by atoms with Crippen LogP contribution in [0.1, 0.15) is 6.42 Å². The van der Waals surface area contributed by atoms with E-state index in [2.05, 4.69) is 93.3 Å². The van der Waals surface area contributed by atoms with Gasteiger partial charge in [0, 0.05) is 0 Å². The number of anilines is 1. The quantitative estimate of drug-likeness (QED) is 0.358. The Kier molecular flexibility index (Phi) is 5.44. The van der Waals surface area contributed by atoms with Crippen molar-refractivity contribution in [1.82, 2.24) is 4.98 Å². The van der Waals surface area contributed by atoms with Crippen molar-refractivity contribution in [3.05, 3.63) is 115 Å². The molecule has 2 heterocycles. The van der Waals surface area contributed by atoms with Gasteiger partial charge in [0.2, 0.25) is 0 Å². The SMILES string of the molecule is O=C1C(P(Br)(c2ccccc2)(c2ccccc2)c2ccccc2)CCN1c1ccccn1. The van der Waals surface area contributed by atoms with Gasteiger partial charge in [0.25, 0.3) is 0 Å². The number of benzene rings is 3. The Morgan fingerprint density at radius 1 is 0.719 bits per heavy atom. The van der Waals surface area contributed by atoms with E-state index >= 15 is 0 Å². The van der Waals surface area contributed by atoms with Crippen molar-refractivity contribution >= 4 is 48.4 Å². The van der Waals surface area contributed by atoms with Gasteiger partial charge in [-0.1, -0.05) is 0 Å². The fourth-order valence-corrected chi connectivity index (χ4v) is 13.7. The van der Waals surface area contributed by atoms with E-state index < -0.39 is 5.31 Å². The van der Waals surface area contributed by atoms with E-state index in [0.29, 0.717) is 12.4 Å². The zero-order valence-corrected chi connectivity index (χ0v) is 20.1. The number of nitrogens with zero attached hydrogens (tertiary/aromatic N) is 2. The van der Waals surface area contributed by atoms with Gasteiger partial charge in [-0.15, -0.1) is 0 Å². The molecule has 0 spiro atoms. The number of carbonyl (C=O) groups is 1. The molecule has 4 aromatic rings. The summed E-state index contributed by atoms with van der Waals surface area (Å²) < 4.78 is 0. The predicted octanol–water partition coefficient (Wildman–Crippen LogP) is 5.03. The molecular formula is C27H24BrN2OP. The summed E-state index contributed by atoms with van der Waals surface area (Å²) in [5, 5.41) is 0.132. The van der Waals surface area contributed by atoms with Gasteiger partial charge in [-0.2, -0.15) is 0 Å². The Bertz CT molecular complexity index is 1120. The fraction of sp³-hybridized carbons (Fsp3) is 0.111. The van der Waals surface area contributed by atoms with Gasteiger partial charge in [-0.25, -0.2) is 0 Å². The molecule has 1 aromatic heterocycles. The number of halogens is 1. The van der Waals surface area contributed by atoms with Crippen molar-refractivity contribution < 1.29 is 4.79 Å². The van der Waals surface area contributed by atoms with Crippen molar-refractivity contribution in [3.63, 3.8) is 0 Å². The van der Waals surface area contributed by atoms with Crippen LogP contribution in [0, 0.1) is 0 Å².